The van der Waals surface area contributed by atoms with Crippen LogP contribution in [0.25, 0.3) is 0 Å². The number of hydrogen-bond acceptors (Lipinski definition) is 3. The van der Waals surface area contributed by atoms with E-state index >= 15 is 0 Å². The fraction of sp³-hybridized carbons (Fsp3) is 0.167. The lowest BCUT2D eigenvalue weighted by molar-refractivity contribution is 0.214. The molecule has 82 valence electrons. The largest absolute Gasteiger partial charge is 0.382 e. The van der Waals surface area contributed by atoms with Gasteiger partial charge in [-0.2, -0.15) is 0 Å². The molecule has 0 saturated heterocycles. The summed E-state index contributed by atoms with van der Waals surface area (Å²) in [6.07, 6.45) is 3.97. The Morgan fingerprint density at radius 2 is 2.12 bits per heavy atom. The first kappa shape index (κ1) is 11.2. The number of aromatic nitrogens is 2. The lowest BCUT2D eigenvalue weighted by Gasteiger charge is -2.12. The van der Waals surface area contributed by atoms with Gasteiger partial charge in [-0.05, 0) is 18.6 Å². The van der Waals surface area contributed by atoms with E-state index in [1.807, 2.05) is 25.1 Å². The van der Waals surface area contributed by atoms with Gasteiger partial charge in [0.25, 0.3) is 0 Å². The summed E-state index contributed by atoms with van der Waals surface area (Å²) in [5, 5.41) is 10.1. The molecule has 1 atom stereocenters. The molecule has 0 saturated carbocycles. The SMILES string of the molecule is Cc1ccc(C(O)c2cnccn2)c(Br)c1. The zero-order chi connectivity index (χ0) is 11.5. The van der Waals surface area contributed by atoms with E-state index in [2.05, 4.69) is 25.9 Å². The van der Waals surface area contributed by atoms with E-state index in [-0.39, 0.29) is 0 Å². The van der Waals surface area contributed by atoms with Gasteiger partial charge in [-0.3, -0.25) is 9.97 Å². The minimum Gasteiger partial charge on any atom is -0.382 e. The van der Waals surface area contributed by atoms with Crippen molar-refractivity contribution < 1.29 is 5.11 Å². The molecule has 2 aromatic rings. The molecule has 0 fully saturated rings. The van der Waals surface area contributed by atoms with Crippen molar-refractivity contribution >= 4 is 15.9 Å². The molecule has 1 aromatic carbocycles. The smallest absolute Gasteiger partial charge is 0.124 e. The minimum atomic E-state index is -0.747. The van der Waals surface area contributed by atoms with E-state index in [1.165, 1.54) is 0 Å². The molecular weight excluding hydrogens is 268 g/mol. The van der Waals surface area contributed by atoms with Crippen LogP contribution in [0.3, 0.4) is 0 Å². The highest BCUT2D eigenvalue weighted by atomic mass is 79.9. The maximum Gasteiger partial charge on any atom is 0.124 e. The van der Waals surface area contributed by atoms with Crippen molar-refractivity contribution in [1.82, 2.24) is 9.97 Å². The van der Waals surface area contributed by atoms with Gasteiger partial charge in [0.1, 0.15) is 6.10 Å². The van der Waals surface area contributed by atoms with E-state index in [4.69, 9.17) is 0 Å². The average Bonchev–Trinajstić information content (AvgIpc) is 2.29. The fourth-order valence-corrected chi connectivity index (χ4v) is 2.18. The van der Waals surface area contributed by atoms with Crippen LogP contribution in [0.4, 0.5) is 0 Å². The highest BCUT2D eigenvalue weighted by Crippen LogP contribution is 2.27. The molecule has 0 aliphatic rings. The van der Waals surface area contributed by atoms with Gasteiger partial charge in [-0.15, -0.1) is 0 Å². The molecule has 4 heteroatoms. The maximum absolute atomic E-state index is 10.1. The summed E-state index contributed by atoms with van der Waals surface area (Å²) in [5.74, 6) is 0. The number of nitrogens with zero attached hydrogens (tertiary/aromatic N) is 2. The quantitative estimate of drug-likeness (QED) is 0.919. The number of rotatable bonds is 2. The zero-order valence-corrected chi connectivity index (χ0v) is 10.3. The number of aryl methyl sites for hydroxylation is 1. The Labute approximate surface area is 102 Å². The third-order valence-electron chi connectivity index (χ3n) is 2.31. The third-order valence-corrected chi connectivity index (χ3v) is 3.00. The Morgan fingerprint density at radius 3 is 2.75 bits per heavy atom. The topological polar surface area (TPSA) is 46.0 Å². The number of aliphatic hydroxyl groups is 1. The molecule has 3 nitrogen and oxygen atoms in total. The molecule has 0 aliphatic carbocycles. The van der Waals surface area contributed by atoms with Crippen molar-refractivity contribution in [3.05, 3.63) is 58.1 Å². The Hall–Kier alpha value is -1.26. The highest BCUT2D eigenvalue weighted by Gasteiger charge is 2.14. The molecule has 0 spiro atoms. The van der Waals surface area contributed by atoms with Crippen LogP contribution in [0, 0.1) is 6.92 Å². The Bertz CT molecular complexity index is 488. The van der Waals surface area contributed by atoms with Crippen molar-refractivity contribution in [3.63, 3.8) is 0 Å². The molecule has 1 heterocycles. The first-order chi connectivity index (χ1) is 7.68. The van der Waals surface area contributed by atoms with Gasteiger partial charge in [0.05, 0.1) is 11.9 Å². The van der Waals surface area contributed by atoms with Gasteiger partial charge >= 0.3 is 0 Å². The number of halogens is 1. The van der Waals surface area contributed by atoms with Crippen LogP contribution >= 0.6 is 15.9 Å². The molecule has 2 rings (SSSR count). The van der Waals surface area contributed by atoms with Crippen LogP contribution < -0.4 is 0 Å². The summed E-state index contributed by atoms with van der Waals surface area (Å²) in [5.41, 5.74) is 2.49. The van der Waals surface area contributed by atoms with Gasteiger partial charge in [-0.25, -0.2) is 0 Å². The normalized spacial score (nSPS) is 12.4. The summed E-state index contributed by atoms with van der Waals surface area (Å²) in [4.78, 5) is 8.03. The standard InChI is InChI=1S/C12H11BrN2O/c1-8-2-3-9(10(13)6-8)12(16)11-7-14-4-5-15-11/h2-7,12,16H,1H3. The van der Waals surface area contributed by atoms with E-state index in [0.29, 0.717) is 5.69 Å². The van der Waals surface area contributed by atoms with Crippen molar-refractivity contribution in [1.29, 1.82) is 0 Å². The molecule has 0 aliphatic heterocycles. The summed E-state index contributed by atoms with van der Waals surface area (Å²) < 4.78 is 0.880. The first-order valence-electron chi connectivity index (χ1n) is 4.88. The maximum atomic E-state index is 10.1. The summed E-state index contributed by atoms with van der Waals surface area (Å²) in [6, 6.07) is 5.81. The molecule has 16 heavy (non-hydrogen) atoms. The Kier molecular flexibility index (Phi) is 3.31. The molecule has 0 amide bonds. The van der Waals surface area contributed by atoms with E-state index in [0.717, 1.165) is 15.6 Å². The van der Waals surface area contributed by atoms with Gasteiger partial charge in [0.2, 0.25) is 0 Å². The number of aliphatic hydroxyl groups excluding tert-OH is 1. The van der Waals surface area contributed by atoms with Crippen molar-refractivity contribution in [2.45, 2.75) is 13.0 Å². The van der Waals surface area contributed by atoms with Crippen molar-refractivity contribution in [2.24, 2.45) is 0 Å². The number of hydrogen-bond donors (Lipinski definition) is 1. The third kappa shape index (κ3) is 2.28. The van der Waals surface area contributed by atoms with Crippen LogP contribution in [0.2, 0.25) is 0 Å². The molecule has 1 unspecified atom stereocenters. The van der Waals surface area contributed by atoms with Gasteiger partial charge in [0.15, 0.2) is 0 Å². The van der Waals surface area contributed by atoms with Crippen LogP contribution in [0.1, 0.15) is 22.9 Å². The lowest BCUT2D eigenvalue weighted by atomic mass is 10.1. The Morgan fingerprint density at radius 1 is 1.31 bits per heavy atom. The second kappa shape index (κ2) is 4.72. The summed E-state index contributed by atoms with van der Waals surface area (Å²) >= 11 is 3.44. The van der Waals surface area contributed by atoms with Gasteiger partial charge in [-0.1, -0.05) is 28.1 Å². The summed E-state index contributed by atoms with van der Waals surface area (Å²) in [6.45, 7) is 2.00. The lowest BCUT2D eigenvalue weighted by Crippen LogP contribution is -2.03. The molecule has 0 bridgehead atoms. The first-order valence-corrected chi connectivity index (χ1v) is 5.68. The zero-order valence-electron chi connectivity index (χ0n) is 8.76. The Balaban J connectivity index is 2.38. The predicted octanol–water partition coefficient (Wildman–Crippen LogP) is 2.63. The van der Waals surface area contributed by atoms with Crippen LogP contribution in [0.15, 0.2) is 41.3 Å². The highest BCUT2D eigenvalue weighted by molar-refractivity contribution is 9.10. The molecule has 1 N–H and O–H groups in total. The molecule has 1 aromatic heterocycles. The van der Waals surface area contributed by atoms with Crippen LogP contribution in [0.5, 0.6) is 0 Å². The van der Waals surface area contributed by atoms with E-state index in [1.54, 1.807) is 18.6 Å². The van der Waals surface area contributed by atoms with Crippen LogP contribution in [-0.2, 0) is 0 Å². The van der Waals surface area contributed by atoms with E-state index < -0.39 is 6.10 Å². The van der Waals surface area contributed by atoms with E-state index in [9.17, 15) is 5.11 Å². The minimum absolute atomic E-state index is 0.548. The summed E-state index contributed by atoms with van der Waals surface area (Å²) in [7, 11) is 0. The molecule has 0 radical (unpaired) electrons. The average molecular weight is 279 g/mol. The predicted molar refractivity (Wildman–Crippen MR) is 65.0 cm³/mol. The second-order valence-corrected chi connectivity index (χ2v) is 4.41. The molecular formula is C12H11BrN2O. The number of benzene rings is 1. The van der Waals surface area contributed by atoms with Crippen molar-refractivity contribution in [3.8, 4) is 0 Å². The second-order valence-electron chi connectivity index (χ2n) is 3.56. The van der Waals surface area contributed by atoms with Crippen molar-refractivity contribution in [2.75, 3.05) is 0 Å². The monoisotopic (exact) mass is 278 g/mol. The van der Waals surface area contributed by atoms with Gasteiger partial charge < -0.3 is 5.11 Å². The fourth-order valence-electron chi connectivity index (χ4n) is 1.47. The van der Waals surface area contributed by atoms with Gasteiger partial charge in [0, 0.05) is 22.4 Å². The van der Waals surface area contributed by atoms with Crippen LogP contribution in [-0.4, -0.2) is 15.1 Å².